The zero-order valence-corrected chi connectivity index (χ0v) is 15.8. The Morgan fingerprint density at radius 3 is 2.54 bits per heavy atom. The number of imidazole rings is 1. The molecule has 0 saturated carbocycles. The Morgan fingerprint density at radius 1 is 1.04 bits per heavy atom. The molecule has 2 heterocycles. The highest BCUT2D eigenvalue weighted by atomic mass is 16.2. The van der Waals surface area contributed by atoms with Gasteiger partial charge in [-0.1, -0.05) is 30.3 Å². The number of benzene rings is 1. The van der Waals surface area contributed by atoms with Crippen molar-refractivity contribution in [3.63, 3.8) is 0 Å². The van der Waals surface area contributed by atoms with Gasteiger partial charge in [-0.3, -0.25) is 4.57 Å². The minimum atomic E-state index is -0.137. The van der Waals surface area contributed by atoms with Crippen LogP contribution in [0.5, 0.6) is 0 Å². The summed E-state index contributed by atoms with van der Waals surface area (Å²) < 4.78 is 1.85. The van der Waals surface area contributed by atoms with Gasteiger partial charge in [0.1, 0.15) is 12.1 Å². The van der Waals surface area contributed by atoms with Gasteiger partial charge in [0.2, 0.25) is 0 Å². The molecule has 4 rings (SSSR count). The molecule has 1 aromatic carbocycles. The molecule has 2 aromatic heterocycles. The Labute approximate surface area is 165 Å². The van der Waals surface area contributed by atoms with E-state index in [9.17, 15) is 4.79 Å². The summed E-state index contributed by atoms with van der Waals surface area (Å²) in [5, 5.41) is 5.99. The molecule has 2 amide bonds. The zero-order valence-electron chi connectivity index (χ0n) is 15.8. The number of fused-ring (bicyclic) bond motifs is 1. The summed E-state index contributed by atoms with van der Waals surface area (Å²) in [6, 6.07) is 12.4. The minimum absolute atomic E-state index is 0.137. The van der Waals surface area contributed by atoms with E-state index in [-0.39, 0.29) is 6.03 Å². The van der Waals surface area contributed by atoms with Gasteiger partial charge < -0.3 is 10.6 Å². The lowest BCUT2D eigenvalue weighted by atomic mass is 10.00. The smallest absolute Gasteiger partial charge is 0.315 e. The van der Waals surface area contributed by atoms with Crippen LogP contribution in [-0.2, 0) is 19.4 Å². The molecule has 144 valence electrons. The third-order valence-corrected chi connectivity index (χ3v) is 5.37. The van der Waals surface area contributed by atoms with E-state index in [2.05, 4.69) is 44.9 Å². The van der Waals surface area contributed by atoms with E-state index in [1.54, 1.807) is 18.7 Å². The van der Waals surface area contributed by atoms with Crippen LogP contribution in [0.4, 0.5) is 4.79 Å². The number of rotatable bonds is 5. The van der Waals surface area contributed by atoms with Crippen LogP contribution in [0, 0.1) is 5.92 Å². The van der Waals surface area contributed by atoms with E-state index >= 15 is 0 Å². The number of carbonyl (C=O) groups excluding carboxylic acids is 1. The van der Waals surface area contributed by atoms with Gasteiger partial charge in [0.15, 0.2) is 0 Å². The monoisotopic (exact) mass is 375 g/mol. The Bertz CT molecular complexity index is 895. The lowest BCUT2D eigenvalue weighted by molar-refractivity contribution is 0.237. The summed E-state index contributed by atoms with van der Waals surface area (Å²) in [4.78, 5) is 20.8. The summed E-state index contributed by atoms with van der Waals surface area (Å²) in [6.45, 7) is 1.13. The van der Waals surface area contributed by atoms with Crippen molar-refractivity contribution < 1.29 is 4.79 Å². The quantitative estimate of drug-likeness (QED) is 0.673. The van der Waals surface area contributed by atoms with Crippen LogP contribution in [0.2, 0.25) is 0 Å². The van der Waals surface area contributed by atoms with E-state index in [4.69, 9.17) is 0 Å². The van der Waals surface area contributed by atoms with Crippen LogP contribution >= 0.6 is 0 Å². The summed E-state index contributed by atoms with van der Waals surface area (Å²) in [5.74, 6) is 1.29. The Hall–Kier alpha value is -3.15. The predicted molar refractivity (Wildman–Crippen MR) is 108 cm³/mol. The lowest BCUT2D eigenvalue weighted by Gasteiger charge is -2.16. The second-order valence-corrected chi connectivity index (χ2v) is 7.23. The molecule has 6 nitrogen and oxygen atoms in total. The SMILES string of the molecule is O=C(NCc1cccnc1-n1ccnc1)NCC1CCc2ccccc2CC1. The summed E-state index contributed by atoms with van der Waals surface area (Å²) in [6.07, 6.45) is 11.4. The fraction of sp³-hybridized carbons (Fsp3) is 0.318. The molecule has 0 bridgehead atoms. The number of nitrogens with one attached hydrogen (secondary N) is 2. The molecule has 0 spiro atoms. The lowest BCUT2D eigenvalue weighted by Crippen LogP contribution is -2.38. The summed E-state index contributed by atoms with van der Waals surface area (Å²) in [5.41, 5.74) is 3.86. The topological polar surface area (TPSA) is 71.8 Å². The first-order chi connectivity index (χ1) is 13.8. The molecular weight excluding hydrogens is 350 g/mol. The van der Waals surface area contributed by atoms with E-state index in [1.807, 2.05) is 22.9 Å². The van der Waals surface area contributed by atoms with Crippen molar-refractivity contribution in [2.24, 2.45) is 5.92 Å². The standard InChI is InChI=1S/C22H25N5O/c28-22(25-14-17-7-9-18-4-1-2-5-19(18)10-8-17)26-15-20-6-3-11-24-21(20)27-13-12-23-16-27/h1-6,11-13,16-17H,7-10,14-15H2,(H2,25,26,28). The highest BCUT2D eigenvalue weighted by Crippen LogP contribution is 2.24. The van der Waals surface area contributed by atoms with Gasteiger partial charge in [-0.15, -0.1) is 0 Å². The van der Waals surface area contributed by atoms with Crippen LogP contribution in [-0.4, -0.2) is 27.1 Å². The number of aromatic nitrogens is 3. The molecule has 3 aromatic rings. The van der Waals surface area contributed by atoms with E-state index in [1.165, 1.54) is 11.1 Å². The van der Waals surface area contributed by atoms with Crippen molar-refractivity contribution in [3.05, 3.63) is 78.0 Å². The number of nitrogens with zero attached hydrogens (tertiary/aromatic N) is 3. The first-order valence-corrected chi connectivity index (χ1v) is 9.80. The number of hydrogen-bond donors (Lipinski definition) is 2. The molecule has 6 heteroatoms. The normalized spacial score (nSPS) is 14.1. The van der Waals surface area contributed by atoms with Crippen molar-refractivity contribution in [3.8, 4) is 5.82 Å². The Morgan fingerprint density at radius 2 is 1.82 bits per heavy atom. The average molecular weight is 375 g/mol. The molecule has 0 aliphatic heterocycles. The van der Waals surface area contributed by atoms with E-state index < -0.39 is 0 Å². The van der Waals surface area contributed by atoms with Gasteiger partial charge in [-0.2, -0.15) is 0 Å². The van der Waals surface area contributed by atoms with Crippen molar-refractivity contribution in [1.29, 1.82) is 0 Å². The Kier molecular flexibility index (Phi) is 5.66. The van der Waals surface area contributed by atoms with E-state index in [0.29, 0.717) is 19.0 Å². The molecule has 0 atom stereocenters. The Balaban J connectivity index is 1.27. The second kappa shape index (κ2) is 8.69. The molecule has 1 aliphatic rings. The predicted octanol–water partition coefficient (Wildman–Crippen LogP) is 3.26. The summed E-state index contributed by atoms with van der Waals surface area (Å²) in [7, 11) is 0. The van der Waals surface area contributed by atoms with E-state index in [0.717, 1.165) is 37.1 Å². The fourth-order valence-electron chi connectivity index (χ4n) is 3.77. The maximum absolute atomic E-state index is 12.3. The van der Waals surface area contributed by atoms with Gasteiger partial charge in [-0.25, -0.2) is 14.8 Å². The summed E-state index contributed by atoms with van der Waals surface area (Å²) >= 11 is 0. The number of carbonyl (C=O) groups is 1. The van der Waals surface area contributed by atoms with Crippen LogP contribution in [0.25, 0.3) is 5.82 Å². The number of urea groups is 1. The highest BCUT2D eigenvalue weighted by molar-refractivity contribution is 5.73. The number of amides is 2. The van der Waals surface area contributed by atoms with Crippen molar-refractivity contribution in [2.45, 2.75) is 32.2 Å². The minimum Gasteiger partial charge on any atom is -0.338 e. The molecule has 28 heavy (non-hydrogen) atoms. The molecule has 1 aliphatic carbocycles. The van der Waals surface area contributed by atoms with Gasteiger partial charge >= 0.3 is 6.03 Å². The number of aryl methyl sites for hydroxylation is 2. The highest BCUT2D eigenvalue weighted by Gasteiger charge is 2.16. The van der Waals surface area contributed by atoms with Gasteiger partial charge in [-0.05, 0) is 48.8 Å². The first-order valence-electron chi connectivity index (χ1n) is 9.80. The molecule has 0 unspecified atom stereocenters. The van der Waals surface area contributed by atoms with Gasteiger partial charge in [0.25, 0.3) is 0 Å². The zero-order chi connectivity index (χ0) is 19.2. The van der Waals surface area contributed by atoms with Crippen LogP contribution in [0.15, 0.2) is 61.3 Å². The maximum Gasteiger partial charge on any atom is 0.315 e. The van der Waals surface area contributed by atoms with Crippen LogP contribution in [0.3, 0.4) is 0 Å². The van der Waals surface area contributed by atoms with Crippen molar-refractivity contribution >= 4 is 6.03 Å². The first kappa shape index (κ1) is 18.2. The van der Waals surface area contributed by atoms with Crippen molar-refractivity contribution in [1.82, 2.24) is 25.2 Å². The van der Waals surface area contributed by atoms with Crippen molar-refractivity contribution in [2.75, 3.05) is 6.54 Å². The molecule has 0 fully saturated rings. The maximum atomic E-state index is 12.3. The van der Waals surface area contributed by atoms with Gasteiger partial charge in [0.05, 0.1) is 0 Å². The molecular formula is C22H25N5O. The van der Waals surface area contributed by atoms with Crippen LogP contribution in [0.1, 0.15) is 29.5 Å². The molecule has 0 saturated heterocycles. The second-order valence-electron chi connectivity index (χ2n) is 7.23. The molecule has 0 radical (unpaired) electrons. The largest absolute Gasteiger partial charge is 0.338 e. The fourth-order valence-corrected chi connectivity index (χ4v) is 3.77. The third kappa shape index (κ3) is 4.39. The number of pyridine rings is 1. The average Bonchev–Trinajstić information content (AvgIpc) is 3.19. The number of hydrogen-bond acceptors (Lipinski definition) is 3. The van der Waals surface area contributed by atoms with Crippen LogP contribution < -0.4 is 10.6 Å². The van der Waals surface area contributed by atoms with Gasteiger partial charge in [0, 0.05) is 37.2 Å². The third-order valence-electron chi connectivity index (χ3n) is 5.37. The molecule has 2 N–H and O–H groups in total.